The summed E-state index contributed by atoms with van der Waals surface area (Å²) in [6, 6.07) is 4.97. The van der Waals surface area contributed by atoms with Gasteiger partial charge in [0.25, 0.3) is 0 Å². The summed E-state index contributed by atoms with van der Waals surface area (Å²) in [5.74, 6) is 0.235. The molecule has 100 valence electrons. The van der Waals surface area contributed by atoms with Crippen molar-refractivity contribution in [1.29, 1.82) is 0 Å². The van der Waals surface area contributed by atoms with E-state index in [0.717, 1.165) is 49.6 Å². The number of ether oxygens (including phenoxy) is 1. The van der Waals surface area contributed by atoms with Crippen molar-refractivity contribution in [2.24, 2.45) is 0 Å². The largest absolute Gasteiger partial charge is 0.508 e. The molecule has 5 heteroatoms. The van der Waals surface area contributed by atoms with E-state index in [9.17, 15) is 5.11 Å². The van der Waals surface area contributed by atoms with Gasteiger partial charge >= 0.3 is 0 Å². The number of benzene rings is 1. The van der Waals surface area contributed by atoms with Crippen LogP contribution in [0.1, 0.15) is 0 Å². The number of hydrogen-bond acceptors (Lipinski definition) is 4. The van der Waals surface area contributed by atoms with Gasteiger partial charge in [0.15, 0.2) is 0 Å². The van der Waals surface area contributed by atoms with Crippen LogP contribution in [0.4, 0.5) is 11.4 Å². The standard InChI is InChI=1S/C13H21N3O2/c1-16(6-8-18-9-7-16)5-4-15-13-10-11(17)2-3-12(13)14/h2-3,10,15H,4-9,14H2,1H3/p+1. The Hall–Kier alpha value is -1.46. The summed E-state index contributed by atoms with van der Waals surface area (Å²) in [5, 5.41) is 12.7. The highest BCUT2D eigenvalue weighted by atomic mass is 16.5. The molecule has 1 saturated heterocycles. The average molecular weight is 252 g/mol. The van der Waals surface area contributed by atoms with E-state index in [1.54, 1.807) is 18.2 Å². The van der Waals surface area contributed by atoms with Crippen molar-refractivity contribution >= 4 is 11.4 Å². The Bertz CT molecular complexity index is 403. The van der Waals surface area contributed by atoms with Crippen LogP contribution < -0.4 is 11.1 Å². The van der Waals surface area contributed by atoms with Gasteiger partial charge in [0.2, 0.25) is 0 Å². The second-order valence-electron chi connectivity index (χ2n) is 5.10. The molecule has 4 N–H and O–H groups in total. The molecular formula is C13H22N3O2+. The quantitative estimate of drug-likeness (QED) is 0.422. The Morgan fingerprint density at radius 2 is 2.11 bits per heavy atom. The van der Waals surface area contributed by atoms with Gasteiger partial charge in [-0.25, -0.2) is 0 Å². The van der Waals surface area contributed by atoms with Crippen molar-refractivity contribution in [3.05, 3.63) is 18.2 Å². The second-order valence-corrected chi connectivity index (χ2v) is 5.10. The number of hydrogen-bond donors (Lipinski definition) is 3. The van der Waals surface area contributed by atoms with Gasteiger partial charge in [-0.1, -0.05) is 0 Å². The zero-order chi connectivity index (χ0) is 13.0. The highest BCUT2D eigenvalue weighted by molar-refractivity contribution is 5.67. The van der Waals surface area contributed by atoms with Gasteiger partial charge in [-0.05, 0) is 12.1 Å². The summed E-state index contributed by atoms with van der Waals surface area (Å²) in [6.45, 7) is 5.65. The number of anilines is 2. The van der Waals surface area contributed by atoms with Gasteiger partial charge in [-0.2, -0.15) is 0 Å². The van der Waals surface area contributed by atoms with E-state index >= 15 is 0 Å². The number of phenols is 1. The molecule has 0 atom stereocenters. The van der Waals surface area contributed by atoms with Crippen LogP contribution in [0.5, 0.6) is 5.75 Å². The molecule has 5 nitrogen and oxygen atoms in total. The van der Waals surface area contributed by atoms with Gasteiger partial charge in [0.05, 0.1) is 44.7 Å². The molecule has 1 aromatic carbocycles. The predicted octanol–water partition coefficient (Wildman–Crippen LogP) is 0.863. The zero-order valence-corrected chi connectivity index (χ0v) is 10.9. The lowest BCUT2D eigenvalue weighted by molar-refractivity contribution is -0.915. The number of morpholine rings is 1. The van der Waals surface area contributed by atoms with Crippen LogP contribution in [0.2, 0.25) is 0 Å². The van der Waals surface area contributed by atoms with Gasteiger partial charge in [0, 0.05) is 6.07 Å². The number of rotatable bonds is 4. The Morgan fingerprint density at radius 3 is 2.83 bits per heavy atom. The molecule has 0 amide bonds. The summed E-state index contributed by atoms with van der Waals surface area (Å²) in [4.78, 5) is 0. The van der Waals surface area contributed by atoms with Crippen LogP contribution in [0, 0.1) is 0 Å². The molecule has 1 aliphatic heterocycles. The van der Waals surface area contributed by atoms with Crippen molar-refractivity contribution in [2.45, 2.75) is 0 Å². The van der Waals surface area contributed by atoms with E-state index < -0.39 is 0 Å². The third-order valence-corrected chi connectivity index (χ3v) is 3.55. The molecule has 0 aromatic heterocycles. The molecule has 0 aliphatic carbocycles. The van der Waals surface area contributed by atoms with Crippen LogP contribution in [0.25, 0.3) is 0 Å². The molecule has 0 spiro atoms. The number of aromatic hydroxyl groups is 1. The fraction of sp³-hybridized carbons (Fsp3) is 0.538. The number of phenolic OH excluding ortho intramolecular Hbond substituents is 1. The van der Waals surface area contributed by atoms with Crippen molar-refractivity contribution in [1.82, 2.24) is 0 Å². The molecule has 0 saturated carbocycles. The van der Waals surface area contributed by atoms with Gasteiger partial charge in [-0.15, -0.1) is 0 Å². The van der Waals surface area contributed by atoms with Crippen molar-refractivity contribution in [3.63, 3.8) is 0 Å². The summed E-state index contributed by atoms with van der Waals surface area (Å²) < 4.78 is 6.39. The molecule has 2 rings (SSSR count). The van der Waals surface area contributed by atoms with Crippen LogP contribution in [0.15, 0.2) is 18.2 Å². The maximum Gasteiger partial charge on any atom is 0.117 e. The molecule has 0 unspecified atom stereocenters. The number of nitrogen functional groups attached to an aromatic ring is 1. The first kappa shape index (κ1) is 13.0. The van der Waals surface area contributed by atoms with Crippen LogP contribution in [-0.4, -0.2) is 56.0 Å². The van der Waals surface area contributed by atoms with E-state index in [2.05, 4.69) is 12.4 Å². The summed E-state index contributed by atoms with van der Waals surface area (Å²) in [6.07, 6.45) is 0. The Morgan fingerprint density at radius 1 is 1.39 bits per heavy atom. The van der Waals surface area contributed by atoms with E-state index in [4.69, 9.17) is 10.5 Å². The molecule has 0 radical (unpaired) electrons. The monoisotopic (exact) mass is 252 g/mol. The molecular weight excluding hydrogens is 230 g/mol. The van der Waals surface area contributed by atoms with Crippen LogP contribution in [-0.2, 0) is 4.74 Å². The van der Waals surface area contributed by atoms with E-state index in [0.29, 0.717) is 5.69 Å². The first-order valence-electron chi connectivity index (χ1n) is 6.33. The third-order valence-electron chi connectivity index (χ3n) is 3.55. The fourth-order valence-electron chi connectivity index (χ4n) is 2.17. The maximum atomic E-state index is 9.42. The average Bonchev–Trinajstić information content (AvgIpc) is 2.34. The van der Waals surface area contributed by atoms with Gasteiger partial charge in [-0.3, -0.25) is 0 Å². The lowest BCUT2D eigenvalue weighted by Crippen LogP contribution is -2.53. The van der Waals surface area contributed by atoms with E-state index in [1.807, 2.05) is 0 Å². The lowest BCUT2D eigenvalue weighted by Gasteiger charge is -2.37. The molecule has 1 fully saturated rings. The molecule has 1 heterocycles. The minimum Gasteiger partial charge on any atom is -0.508 e. The van der Waals surface area contributed by atoms with Crippen molar-refractivity contribution < 1.29 is 14.3 Å². The normalized spacial score (nSPS) is 18.5. The van der Waals surface area contributed by atoms with Gasteiger partial charge in [0.1, 0.15) is 18.8 Å². The fourth-order valence-corrected chi connectivity index (χ4v) is 2.17. The third kappa shape index (κ3) is 3.27. The van der Waals surface area contributed by atoms with Crippen LogP contribution >= 0.6 is 0 Å². The van der Waals surface area contributed by atoms with E-state index in [-0.39, 0.29) is 5.75 Å². The second kappa shape index (κ2) is 5.46. The minimum atomic E-state index is 0.235. The SMILES string of the molecule is C[N+]1(CCNc2cc(O)ccc2N)CCOCC1. The number of nitrogens with zero attached hydrogens (tertiary/aromatic N) is 1. The highest BCUT2D eigenvalue weighted by Crippen LogP contribution is 2.23. The highest BCUT2D eigenvalue weighted by Gasteiger charge is 2.24. The van der Waals surface area contributed by atoms with Crippen molar-refractivity contribution in [3.8, 4) is 5.75 Å². The molecule has 1 aliphatic rings. The number of nitrogens with two attached hydrogens (primary N) is 1. The number of nitrogens with one attached hydrogen (secondary N) is 1. The Labute approximate surface area is 108 Å². The summed E-state index contributed by atoms with van der Waals surface area (Å²) in [5.41, 5.74) is 7.31. The topological polar surface area (TPSA) is 67.5 Å². The maximum absolute atomic E-state index is 9.42. The van der Waals surface area contributed by atoms with Gasteiger partial charge < -0.3 is 25.4 Å². The molecule has 1 aromatic rings. The van der Waals surface area contributed by atoms with Crippen LogP contribution in [0.3, 0.4) is 0 Å². The Kier molecular flexibility index (Phi) is 3.93. The minimum absolute atomic E-state index is 0.235. The smallest absolute Gasteiger partial charge is 0.117 e. The predicted molar refractivity (Wildman–Crippen MR) is 72.6 cm³/mol. The Balaban J connectivity index is 1.86. The lowest BCUT2D eigenvalue weighted by atomic mass is 10.2. The zero-order valence-electron chi connectivity index (χ0n) is 10.9. The summed E-state index contributed by atoms with van der Waals surface area (Å²) >= 11 is 0. The van der Waals surface area contributed by atoms with E-state index in [1.165, 1.54) is 0 Å². The first-order valence-corrected chi connectivity index (χ1v) is 6.33. The molecule has 0 bridgehead atoms. The number of quaternary nitrogens is 1. The first-order chi connectivity index (χ1) is 8.59. The van der Waals surface area contributed by atoms with Crippen molar-refractivity contribution in [2.75, 3.05) is 57.5 Å². The number of likely N-dealkylation sites (N-methyl/N-ethyl adjacent to an activating group) is 1. The molecule has 18 heavy (non-hydrogen) atoms. The summed E-state index contributed by atoms with van der Waals surface area (Å²) in [7, 11) is 2.25.